The van der Waals surface area contributed by atoms with Crippen molar-refractivity contribution < 1.29 is 14.3 Å². The van der Waals surface area contributed by atoms with Gasteiger partial charge in [0.25, 0.3) is 11.5 Å². The van der Waals surface area contributed by atoms with Crippen LogP contribution in [0.25, 0.3) is 10.8 Å². The van der Waals surface area contributed by atoms with Crippen LogP contribution in [0, 0.1) is 0 Å². The van der Waals surface area contributed by atoms with E-state index >= 15 is 0 Å². The predicted octanol–water partition coefficient (Wildman–Crippen LogP) is 2.53. The van der Waals surface area contributed by atoms with Crippen molar-refractivity contribution in [1.29, 1.82) is 0 Å². The Morgan fingerprint density at radius 1 is 1.03 bits per heavy atom. The molecule has 0 aliphatic carbocycles. The zero-order valence-corrected chi connectivity index (χ0v) is 17.1. The van der Waals surface area contributed by atoms with E-state index in [0.717, 1.165) is 12.8 Å². The third kappa shape index (κ3) is 5.53. The van der Waals surface area contributed by atoms with Gasteiger partial charge in [0.2, 0.25) is 0 Å². The van der Waals surface area contributed by atoms with E-state index in [-0.39, 0.29) is 23.9 Å². The summed E-state index contributed by atoms with van der Waals surface area (Å²) in [6.45, 7) is 3.46. The van der Waals surface area contributed by atoms with Crippen LogP contribution in [-0.2, 0) is 27.2 Å². The van der Waals surface area contributed by atoms with Gasteiger partial charge >= 0.3 is 5.97 Å². The van der Waals surface area contributed by atoms with Gasteiger partial charge in [-0.25, -0.2) is 5.10 Å². The highest BCUT2D eigenvalue weighted by Crippen LogP contribution is 2.13. The zero-order chi connectivity index (χ0) is 21.5. The molecule has 2 aromatic carbocycles. The van der Waals surface area contributed by atoms with E-state index in [1.54, 1.807) is 24.3 Å². The molecule has 0 radical (unpaired) electrons. The molecule has 1 aromatic heterocycles. The summed E-state index contributed by atoms with van der Waals surface area (Å²) >= 11 is 0. The number of rotatable bonds is 8. The number of aromatic nitrogens is 2. The number of carbonyl (C=O) groups is 2. The van der Waals surface area contributed by atoms with E-state index in [4.69, 9.17) is 4.74 Å². The SMILES string of the molecule is C[C@H](OC(=O)Cc1n[nH]c(=O)c2ccccc12)C(=O)N[C@@H](C)CCc1ccccc1. The number of hydrogen-bond donors (Lipinski definition) is 2. The molecule has 0 spiro atoms. The van der Waals surface area contributed by atoms with Crippen molar-refractivity contribution in [2.24, 2.45) is 0 Å². The Morgan fingerprint density at radius 2 is 1.70 bits per heavy atom. The Hall–Kier alpha value is -3.48. The first-order chi connectivity index (χ1) is 14.4. The number of nitrogens with zero attached hydrogens (tertiary/aromatic N) is 1. The third-order valence-corrected chi connectivity index (χ3v) is 4.86. The molecule has 0 bridgehead atoms. The molecule has 156 valence electrons. The van der Waals surface area contributed by atoms with Crippen molar-refractivity contribution in [3.63, 3.8) is 0 Å². The number of esters is 1. The predicted molar refractivity (Wildman–Crippen MR) is 114 cm³/mol. The van der Waals surface area contributed by atoms with E-state index in [9.17, 15) is 14.4 Å². The van der Waals surface area contributed by atoms with Crippen LogP contribution in [0.2, 0.25) is 0 Å². The first kappa shape index (κ1) is 21.2. The number of nitrogens with one attached hydrogen (secondary N) is 2. The lowest BCUT2D eigenvalue weighted by Gasteiger charge is -2.18. The number of fused-ring (bicyclic) bond motifs is 1. The molecule has 2 atom stereocenters. The number of H-pyrrole nitrogens is 1. The summed E-state index contributed by atoms with van der Waals surface area (Å²) in [5.41, 5.74) is 1.29. The van der Waals surface area contributed by atoms with Crippen molar-refractivity contribution in [1.82, 2.24) is 15.5 Å². The van der Waals surface area contributed by atoms with Gasteiger partial charge in [0.1, 0.15) is 0 Å². The Morgan fingerprint density at radius 3 is 2.43 bits per heavy atom. The van der Waals surface area contributed by atoms with Crippen LogP contribution in [-0.4, -0.2) is 34.2 Å². The fraction of sp³-hybridized carbons (Fsp3) is 0.304. The quantitative estimate of drug-likeness (QED) is 0.559. The number of carbonyl (C=O) groups excluding carboxylic acids is 2. The summed E-state index contributed by atoms with van der Waals surface area (Å²) in [7, 11) is 0. The van der Waals surface area contributed by atoms with Crippen LogP contribution < -0.4 is 10.9 Å². The average Bonchev–Trinajstić information content (AvgIpc) is 2.75. The summed E-state index contributed by atoms with van der Waals surface area (Å²) in [5, 5.41) is 10.3. The third-order valence-electron chi connectivity index (χ3n) is 4.86. The van der Waals surface area contributed by atoms with E-state index in [1.807, 2.05) is 37.3 Å². The van der Waals surface area contributed by atoms with Crippen LogP contribution in [0.5, 0.6) is 0 Å². The van der Waals surface area contributed by atoms with Crippen molar-refractivity contribution in [3.8, 4) is 0 Å². The van der Waals surface area contributed by atoms with Gasteiger partial charge in [0.15, 0.2) is 6.10 Å². The lowest BCUT2D eigenvalue weighted by atomic mass is 10.1. The minimum Gasteiger partial charge on any atom is -0.452 e. The largest absolute Gasteiger partial charge is 0.452 e. The smallest absolute Gasteiger partial charge is 0.312 e. The van der Waals surface area contributed by atoms with Crippen molar-refractivity contribution in [3.05, 3.63) is 76.2 Å². The molecular formula is C23H25N3O4. The Balaban J connectivity index is 1.52. The highest BCUT2D eigenvalue weighted by Gasteiger charge is 2.20. The molecule has 0 saturated heterocycles. The molecule has 30 heavy (non-hydrogen) atoms. The summed E-state index contributed by atoms with van der Waals surface area (Å²) in [4.78, 5) is 36.5. The molecule has 0 fully saturated rings. The first-order valence-corrected chi connectivity index (χ1v) is 9.94. The topological polar surface area (TPSA) is 101 Å². The van der Waals surface area contributed by atoms with E-state index in [1.165, 1.54) is 12.5 Å². The van der Waals surface area contributed by atoms with E-state index in [0.29, 0.717) is 16.5 Å². The number of hydrogen-bond acceptors (Lipinski definition) is 5. The maximum atomic E-state index is 12.4. The summed E-state index contributed by atoms with van der Waals surface area (Å²) in [6, 6.07) is 16.9. The number of ether oxygens (including phenoxy) is 1. The molecule has 0 aliphatic rings. The van der Waals surface area contributed by atoms with Crippen LogP contribution in [0.4, 0.5) is 0 Å². The minimum atomic E-state index is -0.925. The highest BCUT2D eigenvalue weighted by atomic mass is 16.5. The second kappa shape index (κ2) is 9.82. The van der Waals surface area contributed by atoms with Crippen LogP contribution >= 0.6 is 0 Å². The Labute approximate surface area is 174 Å². The van der Waals surface area contributed by atoms with E-state index < -0.39 is 12.1 Å². The second-order valence-electron chi connectivity index (χ2n) is 7.29. The molecule has 0 saturated carbocycles. The fourth-order valence-corrected chi connectivity index (χ4v) is 3.20. The van der Waals surface area contributed by atoms with Crippen molar-refractivity contribution in [2.75, 3.05) is 0 Å². The monoisotopic (exact) mass is 407 g/mol. The lowest BCUT2D eigenvalue weighted by Crippen LogP contribution is -2.41. The van der Waals surface area contributed by atoms with Gasteiger partial charge < -0.3 is 10.1 Å². The van der Waals surface area contributed by atoms with Gasteiger partial charge in [-0.1, -0.05) is 48.5 Å². The normalized spacial score (nSPS) is 12.9. The summed E-state index contributed by atoms with van der Waals surface area (Å²) < 4.78 is 5.28. The first-order valence-electron chi connectivity index (χ1n) is 9.94. The number of benzene rings is 2. The van der Waals surface area contributed by atoms with Crippen LogP contribution in [0.15, 0.2) is 59.4 Å². The molecule has 3 aromatic rings. The van der Waals surface area contributed by atoms with Gasteiger partial charge in [-0.15, -0.1) is 0 Å². The zero-order valence-electron chi connectivity index (χ0n) is 17.1. The minimum absolute atomic E-state index is 0.0522. The molecule has 1 heterocycles. The maximum Gasteiger partial charge on any atom is 0.312 e. The summed E-state index contributed by atoms with van der Waals surface area (Å²) in [5.74, 6) is -0.928. The number of amides is 1. The fourth-order valence-electron chi connectivity index (χ4n) is 3.20. The molecule has 7 nitrogen and oxygen atoms in total. The maximum absolute atomic E-state index is 12.4. The van der Waals surface area contributed by atoms with Gasteiger partial charge in [-0.05, 0) is 38.3 Å². The molecular weight excluding hydrogens is 382 g/mol. The standard InChI is InChI=1S/C23H25N3O4/c1-15(12-13-17-8-4-3-5-9-17)24-22(28)16(2)30-21(27)14-20-18-10-6-7-11-19(18)23(29)26-25-20/h3-11,15-16H,12-14H2,1-2H3,(H,24,28)(H,26,29)/t15-,16-/m0/s1. The van der Waals surface area contributed by atoms with Gasteiger partial charge in [0, 0.05) is 11.4 Å². The summed E-state index contributed by atoms with van der Waals surface area (Å²) in [6.07, 6.45) is 0.564. The Bertz CT molecular complexity index is 1080. The number of aromatic amines is 1. The van der Waals surface area contributed by atoms with Crippen LogP contribution in [0.1, 0.15) is 31.5 Å². The lowest BCUT2D eigenvalue weighted by molar-refractivity contribution is -0.154. The van der Waals surface area contributed by atoms with Crippen LogP contribution in [0.3, 0.4) is 0 Å². The average molecular weight is 407 g/mol. The van der Waals surface area contributed by atoms with Gasteiger partial charge in [-0.3, -0.25) is 14.4 Å². The highest BCUT2D eigenvalue weighted by molar-refractivity contribution is 5.88. The number of aryl methyl sites for hydroxylation is 1. The van der Waals surface area contributed by atoms with Gasteiger partial charge in [0.05, 0.1) is 17.5 Å². The van der Waals surface area contributed by atoms with Gasteiger partial charge in [-0.2, -0.15) is 5.10 Å². The second-order valence-corrected chi connectivity index (χ2v) is 7.29. The molecule has 0 aliphatic heterocycles. The molecule has 2 N–H and O–H groups in total. The molecule has 7 heteroatoms. The molecule has 3 rings (SSSR count). The molecule has 0 unspecified atom stereocenters. The van der Waals surface area contributed by atoms with E-state index in [2.05, 4.69) is 15.5 Å². The Kier molecular flexibility index (Phi) is 6.95. The van der Waals surface area contributed by atoms with Crippen molar-refractivity contribution in [2.45, 2.75) is 45.3 Å². The molecule has 1 amide bonds. The van der Waals surface area contributed by atoms with Crippen molar-refractivity contribution >= 4 is 22.6 Å².